The van der Waals surface area contributed by atoms with Crippen molar-refractivity contribution in [3.63, 3.8) is 0 Å². The largest absolute Gasteiger partial charge is 0.295 e. The number of carbonyl (C=O) groups excluding carboxylic acids is 1. The number of hydrogen-bond acceptors (Lipinski definition) is 3. The van der Waals surface area contributed by atoms with Crippen LogP contribution in [-0.4, -0.2) is 5.78 Å². The Kier molecular flexibility index (Phi) is 2.69. The SMILES string of the molecule is CC(=O)c1ccc(CN=O)cc1. The van der Waals surface area contributed by atoms with E-state index in [0.717, 1.165) is 5.56 Å². The van der Waals surface area contributed by atoms with Crippen LogP contribution in [0.15, 0.2) is 29.4 Å². The lowest BCUT2D eigenvalue weighted by Gasteiger charge is -1.96. The van der Waals surface area contributed by atoms with E-state index in [4.69, 9.17) is 0 Å². The molecule has 1 aromatic carbocycles. The van der Waals surface area contributed by atoms with Gasteiger partial charge in [0.25, 0.3) is 0 Å². The van der Waals surface area contributed by atoms with Crippen LogP contribution >= 0.6 is 0 Å². The third kappa shape index (κ3) is 1.99. The van der Waals surface area contributed by atoms with Gasteiger partial charge in [0.15, 0.2) is 5.78 Å². The van der Waals surface area contributed by atoms with E-state index in [1.165, 1.54) is 6.92 Å². The fourth-order valence-corrected chi connectivity index (χ4v) is 0.919. The van der Waals surface area contributed by atoms with Crippen molar-refractivity contribution in [1.82, 2.24) is 0 Å². The number of nitrogens with zero attached hydrogens (tertiary/aromatic N) is 1. The molecule has 12 heavy (non-hydrogen) atoms. The second-order valence-corrected chi connectivity index (χ2v) is 2.54. The van der Waals surface area contributed by atoms with Gasteiger partial charge in [-0.2, -0.15) is 4.91 Å². The van der Waals surface area contributed by atoms with E-state index in [9.17, 15) is 9.70 Å². The monoisotopic (exact) mass is 163 g/mol. The molecule has 0 radical (unpaired) electrons. The molecule has 0 aliphatic carbocycles. The van der Waals surface area contributed by atoms with Gasteiger partial charge in [0.2, 0.25) is 0 Å². The van der Waals surface area contributed by atoms with E-state index >= 15 is 0 Å². The summed E-state index contributed by atoms with van der Waals surface area (Å²) in [7, 11) is 0. The van der Waals surface area contributed by atoms with Crippen molar-refractivity contribution in [3.05, 3.63) is 40.3 Å². The molecular weight excluding hydrogens is 154 g/mol. The minimum absolute atomic E-state index is 0.0283. The molecule has 0 saturated heterocycles. The average molecular weight is 163 g/mol. The van der Waals surface area contributed by atoms with Crippen LogP contribution in [0.1, 0.15) is 22.8 Å². The topological polar surface area (TPSA) is 46.5 Å². The first-order chi connectivity index (χ1) is 5.74. The molecule has 1 aromatic rings. The van der Waals surface area contributed by atoms with Gasteiger partial charge in [-0.1, -0.05) is 29.4 Å². The van der Waals surface area contributed by atoms with Gasteiger partial charge in [0.1, 0.15) is 6.54 Å². The summed E-state index contributed by atoms with van der Waals surface area (Å²) in [5.74, 6) is 0.0283. The average Bonchev–Trinajstić information content (AvgIpc) is 2.06. The third-order valence-electron chi connectivity index (χ3n) is 1.61. The fraction of sp³-hybridized carbons (Fsp3) is 0.222. The second kappa shape index (κ2) is 3.76. The molecule has 3 heteroatoms. The Hall–Kier alpha value is -1.51. The van der Waals surface area contributed by atoms with E-state index in [-0.39, 0.29) is 12.3 Å². The lowest BCUT2D eigenvalue weighted by molar-refractivity contribution is 0.101. The first-order valence-electron chi connectivity index (χ1n) is 3.63. The Balaban J connectivity index is 2.85. The first-order valence-corrected chi connectivity index (χ1v) is 3.63. The molecule has 0 fully saturated rings. The Morgan fingerprint density at radius 3 is 2.33 bits per heavy atom. The van der Waals surface area contributed by atoms with Gasteiger partial charge < -0.3 is 0 Å². The maximum absolute atomic E-state index is 10.8. The van der Waals surface area contributed by atoms with E-state index in [1.807, 2.05) is 0 Å². The molecule has 0 saturated carbocycles. The maximum atomic E-state index is 10.8. The van der Waals surface area contributed by atoms with Crippen LogP contribution in [-0.2, 0) is 6.54 Å². The lowest BCUT2D eigenvalue weighted by atomic mass is 10.1. The summed E-state index contributed by atoms with van der Waals surface area (Å²) >= 11 is 0. The summed E-state index contributed by atoms with van der Waals surface area (Å²) in [5.41, 5.74) is 1.49. The van der Waals surface area contributed by atoms with Gasteiger partial charge >= 0.3 is 0 Å². The number of hydrogen-bond donors (Lipinski definition) is 0. The molecule has 0 aliphatic heterocycles. The van der Waals surface area contributed by atoms with Crippen LogP contribution in [0.3, 0.4) is 0 Å². The van der Waals surface area contributed by atoms with Crippen LogP contribution < -0.4 is 0 Å². The predicted octanol–water partition coefficient (Wildman–Crippen LogP) is 2.16. The summed E-state index contributed by atoms with van der Waals surface area (Å²) in [6, 6.07) is 6.86. The molecule has 0 aromatic heterocycles. The Morgan fingerprint density at radius 2 is 1.92 bits per heavy atom. The summed E-state index contributed by atoms with van der Waals surface area (Å²) in [5, 5.41) is 2.75. The van der Waals surface area contributed by atoms with Crippen LogP contribution in [0.4, 0.5) is 0 Å². The first kappa shape index (κ1) is 8.59. The Bertz CT molecular complexity index is 290. The number of nitroso groups, excluding NO2 is 1. The highest BCUT2D eigenvalue weighted by Crippen LogP contribution is 2.05. The van der Waals surface area contributed by atoms with E-state index in [2.05, 4.69) is 5.18 Å². The highest BCUT2D eigenvalue weighted by atomic mass is 16.3. The van der Waals surface area contributed by atoms with Gasteiger partial charge in [-0.3, -0.25) is 4.79 Å². The normalized spacial score (nSPS) is 9.42. The van der Waals surface area contributed by atoms with E-state index < -0.39 is 0 Å². The number of Topliss-reactive ketones (excluding diaryl/α,β-unsaturated/α-hetero) is 1. The molecule has 62 valence electrons. The van der Waals surface area contributed by atoms with Crippen LogP contribution in [0.5, 0.6) is 0 Å². The fourth-order valence-electron chi connectivity index (χ4n) is 0.919. The van der Waals surface area contributed by atoms with Gasteiger partial charge in [0.05, 0.1) is 0 Å². The van der Waals surface area contributed by atoms with Gasteiger partial charge in [0, 0.05) is 5.56 Å². The van der Waals surface area contributed by atoms with Crippen molar-refractivity contribution in [2.75, 3.05) is 0 Å². The summed E-state index contributed by atoms with van der Waals surface area (Å²) < 4.78 is 0. The zero-order chi connectivity index (χ0) is 8.97. The third-order valence-corrected chi connectivity index (χ3v) is 1.61. The quantitative estimate of drug-likeness (QED) is 0.506. The molecule has 0 atom stereocenters. The molecule has 0 amide bonds. The zero-order valence-electron chi connectivity index (χ0n) is 6.78. The molecule has 0 heterocycles. The maximum Gasteiger partial charge on any atom is 0.159 e. The molecule has 1 rings (SSSR count). The number of rotatable bonds is 3. The standard InChI is InChI=1S/C9H9NO2/c1-7(11)9-4-2-8(3-5-9)6-10-12/h2-5H,6H2,1H3. The Labute approximate surface area is 70.4 Å². The minimum Gasteiger partial charge on any atom is -0.295 e. The minimum atomic E-state index is 0.0283. The van der Waals surface area contributed by atoms with Gasteiger partial charge in [-0.15, -0.1) is 0 Å². The summed E-state index contributed by atoms with van der Waals surface area (Å²) in [4.78, 5) is 20.7. The van der Waals surface area contributed by atoms with Crippen molar-refractivity contribution >= 4 is 5.78 Å². The predicted molar refractivity (Wildman–Crippen MR) is 45.9 cm³/mol. The van der Waals surface area contributed by atoms with Crippen molar-refractivity contribution in [1.29, 1.82) is 0 Å². The van der Waals surface area contributed by atoms with E-state index in [0.29, 0.717) is 5.56 Å². The summed E-state index contributed by atoms with van der Waals surface area (Å²) in [6.45, 7) is 1.67. The van der Waals surface area contributed by atoms with Gasteiger partial charge in [-0.25, -0.2) is 0 Å². The van der Waals surface area contributed by atoms with Crippen LogP contribution in [0.2, 0.25) is 0 Å². The molecule has 3 nitrogen and oxygen atoms in total. The number of ketones is 1. The van der Waals surface area contributed by atoms with Crippen molar-refractivity contribution in [2.24, 2.45) is 5.18 Å². The highest BCUT2D eigenvalue weighted by Gasteiger charge is 1.97. The second-order valence-electron chi connectivity index (χ2n) is 2.54. The zero-order valence-corrected chi connectivity index (χ0v) is 6.78. The summed E-state index contributed by atoms with van der Waals surface area (Å²) in [6.07, 6.45) is 0. The highest BCUT2D eigenvalue weighted by molar-refractivity contribution is 5.93. The molecular formula is C9H9NO2. The van der Waals surface area contributed by atoms with Crippen molar-refractivity contribution < 1.29 is 4.79 Å². The Morgan fingerprint density at radius 1 is 1.33 bits per heavy atom. The van der Waals surface area contributed by atoms with Crippen molar-refractivity contribution in [2.45, 2.75) is 13.5 Å². The molecule has 0 spiro atoms. The lowest BCUT2D eigenvalue weighted by Crippen LogP contribution is -1.91. The van der Waals surface area contributed by atoms with Gasteiger partial charge in [-0.05, 0) is 12.5 Å². The molecule has 0 aliphatic rings. The van der Waals surface area contributed by atoms with E-state index in [1.54, 1.807) is 24.3 Å². The number of carbonyl (C=O) groups is 1. The number of benzene rings is 1. The van der Waals surface area contributed by atoms with Crippen LogP contribution in [0.25, 0.3) is 0 Å². The van der Waals surface area contributed by atoms with Crippen molar-refractivity contribution in [3.8, 4) is 0 Å². The van der Waals surface area contributed by atoms with Crippen LogP contribution in [0, 0.1) is 4.91 Å². The smallest absolute Gasteiger partial charge is 0.159 e. The molecule has 0 bridgehead atoms. The molecule has 0 N–H and O–H groups in total. The molecule has 0 unspecified atom stereocenters.